The molecule has 0 aliphatic rings. The van der Waals surface area contributed by atoms with Crippen molar-refractivity contribution in [2.75, 3.05) is 26.8 Å². The summed E-state index contributed by atoms with van der Waals surface area (Å²) in [4.78, 5) is 11.4. The number of hydrogen-bond donors (Lipinski definition) is 4. The Bertz CT molecular complexity index is 708. The molecule has 0 fully saturated rings. The van der Waals surface area contributed by atoms with Crippen LogP contribution >= 0.6 is 0 Å². The molecule has 0 saturated heterocycles. The van der Waals surface area contributed by atoms with Gasteiger partial charge in [0.25, 0.3) is 0 Å². The summed E-state index contributed by atoms with van der Waals surface area (Å²) in [5.41, 5.74) is 6.83. The zero-order valence-electron chi connectivity index (χ0n) is 12.6. The number of nitrogens with two attached hydrogens (primary N) is 1. The maximum atomic E-state index is 11.4. The summed E-state index contributed by atoms with van der Waals surface area (Å²) in [5, 5.41) is 29.0. The fourth-order valence-corrected chi connectivity index (χ4v) is 1.69. The third kappa shape index (κ3) is 3.59. The molecule has 0 atom stereocenters. The van der Waals surface area contributed by atoms with Gasteiger partial charge in [0.05, 0.1) is 26.9 Å². The Kier molecular flexibility index (Phi) is 5.73. The van der Waals surface area contributed by atoms with Crippen molar-refractivity contribution < 1.29 is 24.1 Å². The number of amidine groups is 1. The van der Waals surface area contributed by atoms with Crippen LogP contribution in [0.3, 0.4) is 0 Å². The molecule has 0 amide bonds. The third-order valence-electron chi connectivity index (χ3n) is 2.70. The molecule has 0 saturated carbocycles. The number of carboxylic acid groups (broad SMARTS) is 1. The van der Waals surface area contributed by atoms with Gasteiger partial charge in [0, 0.05) is 6.07 Å². The minimum absolute atomic E-state index is 0.00819. The lowest BCUT2D eigenvalue weighted by Crippen LogP contribution is -2.22. The van der Waals surface area contributed by atoms with Crippen LogP contribution in [0.2, 0.25) is 0 Å². The van der Waals surface area contributed by atoms with Crippen LogP contribution in [0.15, 0.2) is 11.2 Å². The van der Waals surface area contributed by atoms with Crippen LogP contribution in [0.5, 0.6) is 17.2 Å². The minimum atomic E-state index is -1.29. The Morgan fingerprint density at radius 1 is 1.35 bits per heavy atom. The average Bonchev–Trinajstić information content (AvgIpc) is 2.53. The topological polar surface area (TPSA) is 163 Å². The van der Waals surface area contributed by atoms with Crippen molar-refractivity contribution >= 4 is 23.2 Å². The number of benzene rings is 1. The zero-order valence-corrected chi connectivity index (χ0v) is 12.6. The standard InChI is InChI=1S/C13H15N5O5/c1-21-8-4-6(13(19)20)9(11(23-3)10(8)22-2)18-17-7(5-14)12(15)16/h4,18H,1-3H3,(H3,15,16)(H,19,20)/b17-7+. The number of aromatic carboxylic acids is 1. The van der Waals surface area contributed by atoms with Gasteiger partial charge in [0.2, 0.25) is 11.5 Å². The van der Waals surface area contributed by atoms with Crippen LogP contribution in [0.1, 0.15) is 10.4 Å². The van der Waals surface area contributed by atoms with Crippen LogP contribution in [0.4, 0.5) is 5.69 Å². The Balaban J connectivity index is 3.58. The molecule has 1 rings (SSSR count). The maximum absolute atomic E-state index is 11.4. The van der Waals surface area contributed by atoms with Crippen LogP contribution in [0.25, 0.3) is 0 Å². The zero-order chi connectivity index (χ0) is 17.6. The summed E-state index contributed by atoms with van der Waals surface area (Å²) in [6.45, 7) is 0. The number of carbonyl (C=O) groups is 1. The van der Waals surface area contributed by atoms with Crippen LogP contribution in [-0.4, -0.2) is 44.0 Å². The second-order valence-electron chi connectivity index (χ2n) is 3.97. The smallest absolute Gasteiger partial charge is 0.338 e. The molecule has 0 unspecified atom stereocenters. The van der Waals surface area contributed by atoms with Crippen LogP contribution in [0, 0.1) is 16.7 Å². The van der Waals surface area contributed by atoms with Crippen molar-refractivity contribution in [3.63, 3.8) is 0 Å². The molecule has 0 aromatic heterocycles. The van der Waals surface area contributed by atoms with Crippen molar-refractivity contribution in [2.24, 2.45) is 10.8 Å². The molecule has 10 heteroatoms. The molecule has 23 heavy (non-hydrogen) atoms. The minimum Gasteiger partial charge on any atom is -0.493 e. The van der Waals surface area contributed by atoms with E-state index in [1.54, 1.807) is 6.07 Å². The lowest BCUT2D eigenvalue weighted by atomic mass is 10.1. The van der Waals surface area contributed by atoms with E-state index in [-0.39, 0.29) is 28.5 Å². The predicted octanol–water partition coefficient (Wildman–Crippen LogP) is 0.638. The third-order valence-corrected chi connectivity index (χ3v) is 2.70. The number of ether oxygens (including phenoxy) is 3. The van der Waals surface area contributed by atoms with Crippen molar-refractivity contribution in [3.8, 4) is 23.3 Å². The van der Waals surface area contributed by atoms with E-state index in [1.807, 2.05) is 0 Å². The first-order valence-corrected chi connectivity index (χ1v) is 6.05. The van der Waals surface area contributed by atoms with Gasteiger partial charge < -0.3 is 25.1 Å². The molecule has 0 heterocycles. The first-order valence-electron chi connectivity index (χ1n) is 6.05. The molecule has 10 nitrogen and oxygen atoms in total. The summed E-state index contributed by atoms with van der Waals surface area (Å²) in [6.07, 6.45) is 0. The molecule has 0 radical (unpaired) electrons. The van der Waals surface area contributed by atoms with Gasteiger partial charge in [-0.05, 0) is 0 Å². The monoisotopic (exact) mass is 321 g/mol. The highest BCUT2D eigenvalue weighted by atomic mass is 16.5. The number of nitrogens with one attached hydrogen (secondary N) is 2. The van der Waals surface area contributed by atoms with Gasteiger partial charge in [-0.3, -0.25) is 10.8 Å². The Morgan fingerprint density at radius 3 is 2.35 bits per heavy atom. The lowest BCUT2D eigenvalue weighted by Gasteiger charge is -2.17. The largest absolute Gasteiger partial charge is 0.493 e. The molecule has 122 valence electrons. The van der Waals surface area contributed by atoms with E-state index in [0.717, 1.165) is 0 Å². The molecule has 0 aliphatic carbocycles. The number of nitriles is 1. The highest BCUT2D eigenvalue weighted by Gasteiger charge is 2.24. The molecular weight excluding hydrogens is 306 g/mol. The van der Waals surface area contributed by atoms with E-state index in [4.69, 9.17) is 30.6 Å². The normalized spacial score (nSPS) is 10.4. The van der Waals surface area contributed by atoms with E-state index in [9.17, 15) is 9.90 Å². The van der Waals surface area contributed by atoms with Gasteiger partial charge in [0.15, 0.2) is 17.3 Å². The summed E-state index contributed by atoms with van der Waals surface area (Å²) < 4.78 is 15.4. The van der Waals surface area contributed by atoms with Gasteiger partial charge in [0.1, 0.15) is 11.8 Å². The molecule has 5 N–H and O–H groups in total. The van der Waals surface area contributed by atoms with Crippen molar-refractivity contribution in [3.05, 3.63) is 11.6 Å². The van der Waals surface area contributed by atoms with Crippen molar-refractivity contribution in [1.82, 2.24) is 0 Å². The predicted molar refractivity (Wildman–Crippen MR) is 81.6 cm³/mol. The number of hydrogen-bond acceptors (Lipinski definition) is 8. The molecule has 1 aromatic rings. The summed E-state index contributed by atoms with van der Waals surface area (Å²) >= 11 is 0. The van der Waals surface area contributed by atoms with E-state index in [1.165, 1.54) is 27.4 Å². The highest BCUT2D eigenvalue weighted by Crippen LogP contribution is 2.45. The first-order chi connectivity index (χ1) is 10.9. The quantitative estimate of drug-likeness (QED) is 0.323. The average molecular weight is 321 g/mol. The van der Waals surface area contributed by atoms with Crippen molar-refractivity contribution in [1.29, 1.82) is 10.7 Å². The first kappa shape index (κ1) is 17.6. The van der Waals surface area contributed by atoms with Gasteiger partial charge in [-0.1, -0.05) is 0 Å². The van der Waals surface area contributed by atoms with Gasteiger partial charge in [-0.15, -0.1) is 0 Å². The number of carboxylic acids is 1. The van der Waals surface area contributed by atoms with Crippen LogP contribution in [-0.2, 0) is 0 Å². The summed E-state index contributed by atoms with van der Waals surface area (Å²) in [7, 11) is 4.00. The van der Waals surface area contributed by atoms with E-state index in [0.29, 0.717) is 0 Å². The van der Waals surface area contributed by atoms with Crippen LogP contribution < -0.4 is 25.4 Å². The van der Waals surface area contributed by atoms with Gasteiger partial charge >= 0.3 is 5.97 Å². The summed E-state index contributed by atoms with van der Waals surface area (Å²) in [6, 6.07) is 2.81. The molecule has 0 bridgehead atoms. The fourth-order valence-electron chi connectivity index (χ4n) is 1.69. The molecule has 0 aliphatic heterocycles. The molecule has 1 aromatic carbocycles. The Morgan fingerprint density at radius 2 is 1.96 bits per heavy atom. The number of rotatable bonds is 7. The van der Waals surface area contributed by atoms with E-state index in [2.05, 4.69) is 10.5 Å². The number of nitrogens with zero attached hydrogens (tertiary/aromatic N) is 2. The van der Waals surface area contributed by atoms with Gasteiger partial charge in [-0.25, -0.2) is 4.79 Å². The molecular formula is C13H15N5O5. The van der Waals surface area contributed by atoms with E-state index >= 15 is 0 Å². The fraction of sp³-hybridized carbons (Fsp3) is 0.231. The Labute approximate surface area is 131 Å². The van der Waals surface area contributed by atoms with E-state index < -0.39 is 17.5 Å². The molecule has 0 spiro atoms. The Hall–Kier alpha value is -3.48. The number of methoxy groups -OCH3 is 3. The summed E-state index contributed by atoms with van der Waals surface area (Å²) in [5.74, 6) is -1.57. The lowest BCUT2D eigenvalue weighted by molar-refractivity contribution is 0.0697. The second kappa shape index (κ2) is 7.51. The highest BCUT2D eigenvalue weighted by molar-refractivity contribution is 6.45. The maximum Gasteiger partial charge on any atom is 0.338 e. The van der Waals surface area contributed by atoms with Crippen molar-refractivity contribution in [2.45, 2.75) is 0 Å². The SMILES string of the molecule is COc1cc(C(=O)O)c(N/N=C(\C#N)C(=N)N)c(OC)c1OC. The van der Waals surface area contributed by atoms with Gasteiger partial charge in [-0.2, -0.15) is 10.4 Å². The number of anilines is 1. The number of hydrazone groups is 1. The second-order valence-corrected chi connectivity index (χ2v) is 3.97.